The Kier molecular flexibility index (Phi) is 4.08. The predicted molar refractivity (Wildman–Crippen MR) is 76.2 cm³/mol. The van der Waals surface area contributed by atoms with Gasteiger partial charge in [0.1, 0.15) is 0 Å². The summed E-state index contributed by atoms with van der Waals surface area (Å²) in [5.41, 5.74) is 3.10. The van der Waals surface area contributed by atoms with Crippen molar-refractivity contribution in [2.24, 2.45) is 0 Å². The molecule has 1 aliphatic heterocycles. The first kappa shape index (κ1) is 14.2. The Hall–Kier alpha value is -1.17. The number of rotatable bonds is 5. The molecule has 4 nitrogen and oxygen atoms in total. The molecule has 0 fully saturated rings. The topological polar surface area (TPSA) is 49.4 Å². The molecule has 0 atom stereocenters. The van der Waals surface area contributed by atoms with Gasteiger partial charge in [-0.25, -0.2) is 8.42 Å². The van der Waals surface area contributed by atoms with Gasteiger partial charge in [0.05, 0.1) is 4.90 Å². The number of likely N-dealkylation sites (N-methyl/N-ethyl adjacent to an activating group) is 1. The number of hydrogen-bond donors (Lipinski definition) is 1. The zero-order chi connectivity index (χ0) is 14.0. The summed E-state index contributed by atoms with van der Waals surface area (Å²) in [6, 6.07) is 5.38. The van der Waals surface area contributed by atoms with Crippen LogP contribution < -0.4 is 5.32 Å². The molecule has 1 aromatic carbocycles. The summed E-state index contributed by atoms with van der Waals surface area (Å²) in [5.74, 6) is 0. The lowest BCUT2D eigenvalue weighted by Crippen LogP contribution is -2.32. The molecule has 19 heavy (non-hydrogen) atoms. The van der Waals surface area contributed by atoms with Gasteiger partial charge >= 0.3 is 0 Å². The standard InChI is InChI=1S/C14H20N2O2S/c1-4-16(10-11(2)3)19(17,18)14-6-5-12-8-15-9-13(12)7-14/h5-7,15H,2,4,8-10H2,1,3H3. The molecule has 0 saturated heterocycles. The summed E-state index contributed by atoms with van der Waals surface area (Å²) in [4.78, 5) is 0.373. The molecule has 0 saturated carbocycles. The molecule has 1 N–H and O–H groups in total. The number of nitrogens with one attached hydrogen (secondary N) is 1. The third-order valence-corrected chi connectivity index (χ3v) is 5.16. The molecule has 1 aromatic rings. The smallest absolute Gasteiger partial charge is 0.243 e. The Morgan fingerprint density at radius 3 is 2.68 bits per heavy atom. The molecule has 2 rings (SSSR count). The fraction of sp³-hybridized carbons (Fsp3) is 0.429. The van der Waals surface area contributed by atoms with Crippen LogP contribution >= 0.6 is 0 Å². The van der Waals surface area contributed by atoms with Crippen molar-refractivity contribution < 1.29 is 8.42 Å². The van der Waals surface area contributed by atoms with E-state index in [2.05, 4.69) is 11.9 Å². The quantitative estimate of drug-likeness (QED) is 0.838. The summed E-state index contributed by atoms with van der Waals surface area (Å²) < 4.78 is 26.6. The van der Waals surface area contributed by atoms with Crippen molar-refractivity contribution in [3.8, 4) is 0 Å². The second-order valence-corrected chi connectivity index (χ2v) is 6.86. The lowest BCUT2D eigenvalue weighted by Gasteiger charge is -2.20. The van der Waals surface area contributed by atoms with Gasteiger partial charge in [0.15, 0.2) is 0 Å². The van der Waals surface area contributed by atoms with E-state index in [1.165, 1.54) is 9.87 Å². The second kappa shape index (κ2) is 5.45. The van der Waals surface area contributed by atoms with E-state index in [0.717, 1.165) is 24.2 Å². The minimum Gasteiger partial charge on any atom is -0.309 e. The fourth-order valence-electron chi connectivity index (χ4n) is 2.25. The molecule has 104 valence electrons. The van der Waals surface area contributed by atoms with E-state index in [-0.39, 0.29) is 0 Å². The van der Waals surface area contributed by atoms with Gasteiger partial charge in [-0.15, -0.1) is 0 Å². The highest BCUT2D eigenvalue weighted by Crippen LogP contribution is 2.22. The van der Waals surface area contributed by atoms with Crippen molar-refractivity contribution in [1.82, 2.24) is 9.62 Å². The van der Waals surface area contributed by atoms with Crippen LogP contribution in [0.4, 0.5) is 0 Å². The van der Waals surface area contributed by atoms with E-state index in [1.807, 2.05) is 19.9 Å². The highest BCUT2D eigenvalue weighted by atomic mass is 32.2. The van der Waals surface area contributed by atoms with Crippen molar-refractivity contribution in [3.63, 3.8) is 0 Å². The summed E-state index contributed by atoms with van der Waals surface area (Å²) in [7, 11) is -3.42. The molecule has 0 radical (unpaired) electrons. The van der Waals surface area contributed by atoms with Gasteiger partial charge in [0.25, 0.3) is 0 Å². The maximum Gasteiger partial charge on any atom is 0.243 e. The minimum absolute atomic E-state index is 0.369. The van der Waals surface area contributed by atoms with Crippen LogP contribution in [0.2, 0.25) is 0 Å². The van der Waals surface area contributed by atoms with Crippen LogP contribution in [0.25, 0.3) is 0 Å². The van der Waals surface area contributed by atoms with Crippen molar-refractivity contribution in [3.05, 3.63) is 41.5 Å². The largest absolute Gasteiger partial charge is 0.309 e. The second-order valence-electron chi connectivity index (χ2n) is 4.92. The first-order valence-electron chi connectivity index (χ1n) is 6.42. The molecular formula is C14H20N2O2S. The Bertz CT molecular complexity index is 593. The van der Waals surface area contributed by atoms with E-state index < -0.39 is 10.0 Å². The minimum atomic E-state index is -3.42. The Balaban J connectivity index is 2.35. The van der Waals surface area contributed by atoms with E-state index in [0.29, 0.717) is 18.0 Å². The molecule has 1 heterocycles. The lowest BCUT2D eigenvalue weighted by atomic mass is 10.1. The van der Waals surface area contributed by atoms with E-state index in [9.17, 15) is 8.42 Å². The summed E-state index contributed by atoms with van der Waals surface area (Å²) in [6.07, 6.45) is 0. The lowest BCUT2D eigenvalue weighted by molar-refractivity contribution is 0.453. The highest BCUT2D eigenvalue weighted by molar-refractivity contribution is 7.89. The highest BCUT2D eigenvalue weighted by Gasteiger charge is 2.24. The van der Waals surface area contributed by atoms with Gasteiger partial charge in [-0.05, 0) is 30.2 Å². The Morgan fingerprint density at radius 1 is 1.37 bits per heavy atom. The van der Waals surface area contributed by atoms with Crippen LogP contribution in [0.5, 0.6) is 0 Å². The van der Waals surface area contributed by atoms with Crippen molar-refractivity contribution in [2.45, 2.75) is 31.8 Å². The Labute approximate surface area is 115 Å². The maximum absolute atomic E-state index is 12.6. The molecule has 5 heteroatoms. The van der Waals surface area contributed by atoms with E-state index >= 15 is 0 Å². The van der Waals surface area contributed by atoms with Gasteiger partial charge in [0, 0.05) is 26.2 Å². The average Bonchev–Trinajstić information content (AvgIpc) is 2.82. The van der Waals surface area contributed by atoms with Crippen LogP contribution in [-0.4, -0.2) is 25.8 Å². The molecule has 0 aromatic heterocycles. The van der Waals surface area contributed by atoms with Crippen molar-refractivity contribution in [1.29, 1.82) is 0 Å². The SMILES string of the molecule is C=C(C)CN(CC)S(=O)(=O)c1ccc2c(c1)CNC2. The molecule has 0 aliphatic carbocycles. The normalized spacial score (nSPS) is 14.7. The fourth-order valence-corrected chi connectivity index (χ4v) is 3.81. The third-order valence-electron chi connectivity index (χ3n) is 3.25. The summed E-state index contributed by atoms with van der Waals surface area (Å²) in [6.45, 7) is 9.85. The zero-order valence-electron chi connectivity index (χ0n) is 11.4. The average molecular weight is 280 g/mol. The molecule has 0 bridgehead atoms. The van der Waals surface area contributed by atoms with E-state index in [1.54, 1.807) is 12.1 Å². The van der Waals surface area contributed by atoms with E-state index in [4.69, 9.17) is 0 Å². The summed E-state index contributed by atoms with van der Waals surface area (Å²) in [5, 5.41) is 3.22. The first-order chi connectivity index (χ1) is 8.95. The van der Waals surface area contributed by atoms with Gasteiger partial charge in [-0.2, -0.15) is 4.31 Å². The van der Waals surface area contributed by atoms with Crippen LogP contribution in [0.1, 0.15) is 25.0 Å². The zero-order valence-corrected chi connectivity index (χ0v) is 12.3. The maximum atomic E-state index is 12.6. The number of nitrogens with zero attached hydrogens (tertiary/aromatic N) is 1. The van der Waals surface area contributed by atoms with Crippen LogP contribution in [-0.2, 0) is 23.1 Å². The van der Waals surface area contributed by atoms with Crippen LogP contribution in [0.3, 0.4) is 0 Å². The molecule has 0 spiro atoms. The molecule has 0 unspecified atom stereocenters. The Morgan fingerprint density at radius 2 is 2.05 bits per heavy atom. The first-order valence-corrected chi connectivity index (χ1v) is 7.86. The van der Waals surface area contributed by atoms with Gasteiger partial charge in [-0.1, -0.05) is 25.1 Å². The van der Waals surface area contributed by atoms with Gasteiger partial charge in [0.2, 0.25) is 10.0 Å². The summed E-state index contributed by atoms with van der Waals surface area (Å²) >= 11 is 0. The monoisotopic (exact) mass is 280 g/mol. The van der Waals surface area contributed by atoms with Crippen molar-refractivity contribution in [2.75, 3.05) is 13.1 Å². The molecular weight excluding hydrogens is 260 g/mol. The van der Waals surface area contributed by atoms with Gasteiger partial charge < -0.3 is 5.32 Å². The number of hydrogen-bond acceptors (Lipinski definition) is 3. The predicted octanol–water partition coefficient (Wildman–Crippen LogP) is 1.88. The van der Waals surface area contributed by atoms with Crippen LogP contribution in [0, 0.1) is 0 Å². The molecule has 0 amide bonds. The van der Waals surface area contributed by atoms with Crippen molar-refractivity contribution >= 4 is 10.0 Å². The van der Waals surface area contributed by atoms with Crippen LogP contribution in [0.15, 0.2) is 35.2 Å². The number of sulfonamides is 1. The molecule has 1 aliphatic rings. The number of benzene rings is 1. The third kappa shape index (κ3) is 2.88. The number of fused-ring (bicyclic) bond motifs is 1. The van der Waals surface area contributed by atoms with Gasteiger partial charge in [-0.3, -0.25) is 0 Å².